The SMILES string of the molecule is Cc1cc(OCCCc2c3n(c4c(-c5c(C)nn(C)c5C)c(Cl)ccc24)[C@H](C)CN(c2c(C(=O)O)c4cc(OCCOC(C)C)ccc4n2Cc2ccccn2)C3=O)cc(C)c1Cl. The van der Waals surface area contributed by atoms with Gasteiger partial charge in [-0.2, -0.15) is 5.10 Å². The molecule has 1 amide bonds. The second-order valence-electron chi connectivity index (χ2n) is 16.6. The van der Waals surface area contributed by atoms with Gasteiger partial charge in [0.1, 0.15) is 35.2 Å². The summed E-state index contributed by atoms with van der Waals surface area (Å²) in [5.41, 5.74) is 8.85. The van der Waals surface area contributed by atoms with E-state index in [0.717, 1.165) is 55.9 Å². The van der Waals surface area contributed by atoms with Crippen LogP contribution in [-0.4, -0.2) is 73.4 Å². The second-order valence-corrected chi connectivity index (χ2v) is 17.4. The average molecular weight is 892 g/mol. The Morgan fingerprint density at radius 2 is 1.67 bits per heavy atom. The number of nitrogens with zero attached hydrogens (tertiary/aromatic N) is 6. The molecule has 0 unspecified atom stereocenters. The number of carbonyl (C=O) groups is 2. The lowest BCUT2D eigenvalue weighted by molar-refractivity contribution is 0.0553. The summed E-state index contributed by atoms with van der Waals surface area (Å²) in [6, 6.07) is 18.5. The molecule has 7 aromatic rings. The fraction of sp³-hybridized carbons (Fsp3) is 0.347. The molecule has 0 bridgehead atoms. The van der Waals surface area contributed by atoms with E-state index in [0.29, 0.717) is 64.1 Å². The summed E-state index contributed by atoms with van der Waals surface area (Å²) in [6.45, 7) is 15.3. The Morgan fingerprint density at radius 1 is 0.921 bits per heavy atom. The number of anilines is 1. The van der Waals surface area contributed by atoms with Crippen molar-refractivity contribution in [1.29, 1.82) is 0 Å². The first kappa shape index (κ1) is 43.8. The molecule has 1 atom stereocenters. The third-order valence-corrected chi connectivity index (χ3v) is 12.8. The van der Waals surface area contributed by atoms with Crippen molar-refractivity contribution in [1.82, 2.24) is 23.9 Å². The summed E-state index contributed by atoms with van der Waals surface area (Å²) in [5, 5.41) is 18.5. The van der Waals surface area contributed by atoms with Gasteiger partial charge in [-0.25, -0.2) is 4.79 Å². The first-order valence-corrected chi connectivity index (χ1v) is 22.0. The predicted molar refractivity (Wildman–Crippen MR) is 249 cm³/mol. The lowest BCUT2D eigenvalue weighted by atomic mass is 9.98. The number of aromatic carboxylic acids is 1. The molecule has 8 rings (SSSR count). The molecule has 1 N–H and O–H groups in total. The van der Waals surface area contributed by atoms with Crippen molar-refractivity contribution in [2.75, 3.05) is 31.3 Å². The highest BCUT2D eigenvalue weighted by atomic mass is 35.5. The quantitative estimate of drug-likeness (QED) is 0.101. The topological polar surface area (TPSA) is 126 Å². The number of pyridine rings is 1. The van der Waals surface area contributed by atoms with Gasteiger partial charge >= 0.3 is 5.97 Å². The minimum Gasteiger partial charge on any atom is -0.494 e. The van der Waals surface area contributed by atoms with Crippen molar-refractivity contribution in [2.24, 2.45) is 7.05 Å². The lowest BCUT2D eigenvalue weighted by Gasteiger charge is -2.35. The van der Waals surface area contributed by atoms with Crippen molar-refractivity contribution < 1.29 is 28.9 Å². The van der Waals surface area contributed by atoms with Crippen molar-refractivity contribution in [3.8, 4) is 22.6 Å². The minimum atomic E-state index is -1.16. The monoisotopic (exact) mass is 890 g/mol. The van der Waals surface area contributed by atoms with Crippen LogP contribution in [0, 0.1) is 27.7 Å². The Bertz CT molecular complexity index is 2870. The van der Waals surface area contributed by atoms with Crippen LogP contribution in [-0.2, 0) is 24.8 Å². The number of aryl methyl sites for hydroxylation is 5. The first-order valence-electron chi connectivity index (χ1n) is 21.3. The third kappa shape index (κ3) is 8.16. The van der Waals surface area contributed by atoms with Gasteiger partial charge in [0.05, 0.1) is 53.3 Å². The van der Waals surface area contributed by atoms with Crippen LogP contribution in [0.15, 0.2) is 66.9 Å². The van der Waals surface area contributed by atoms with E-state index in [9.17, 15) is 9.90 Å². The highest BCUT2D eigenvalue weighted by Crippen LogP contribution is 2.46. The van der Waals surface area contributed by atoms with Gasteiger partial charge in [-0.15, -0.1) is 0 Å². The van der Waals surface area contributed by atoms with E-state index in [1.165, 1.54) is 0 Å². The highest BCUT2D eigenvalue weighted by Gasteiger charge is 2.40. The molecule has 5 heterocycles. The number of carboxylic acids is 1. The summed E-state index contributed by atoms with van der Waals surface area (Å²) in [7, 11) is 1.91. The molecule has 0 saturated carbocycles. The number of amides is 1. The molecule has 14 heteroatoms. The van der Waals surface area contributed by atoms with Gasteiger partial charge in [-0.1, -0.05) is 35.3 Å². The van der Waals surface area contributed by atoms with E-state index < -0.39 is 5.97 Å². The van der Waals surface area contributed by atoms with Crippen molar-refractivity contribution in [2.45, 2.75) is 80.0 Å². The Morgan fingerprint density at radius 3 is 2.33 bits per heavy atom. The maximum Gasteiger partial charge on any atom is 0.340 e. The fourth-order valence-corrected chi connectivity index (χ4v) is 9.43. The van der Waals surface area contributed by atoms with Gasteiger partial charge < -0.3 is 28.5 Å². The number of carbonyl (C=O) groups excluding carboxylic acids is 1. The normalized spacial score (nSPS) is 14.0. The van der Waals surface area contributed by atoms with E-state index in [1.54, 1.807) is 17.2 Å². The summed E-state index contributed by atoms with van der Waals surface area (Å²) in [4.78, 5) is 35.5. The molecule has 0 saturated heterocycles. The lowest BCUT2D eigenvalue weighted by Crippen LogP contribution is -2.44. The van der Waals surface area contributed by atoms with Gasteiger partial charge in [0.15, 0.2) is 0 Å². The predicted octanol–water partition coefficient (Wildman–Crippen LogP) is 10.7. The standard InChI is InChI=1S/C49H52Cl2N6O6/c1-27(2)61-20-21-63-34-14-17-40-38(24-34)42(49(59)60)47(55(40)26-33-12-9-10-18-52-33)56-25-30(5)57-45-37(15-16-39(50)43(45)41-31(6)53-54(8)32(41)7)36(46(57)48(56)58)13-11-19-62-35-22-28(3)44(51)29(4)23-35/h9-10,12,14-18,22-24,27,30H,11,13,19-21,25-26H2,1-8H3,(H,59,60)/t30-/m1/s1. The number of benzene rings is 3. The highest BCUT2D eigenvalue weighted by molar-refractivity contribution is 6.35. The summed E-state index contributed by atoms with van der Waals surface area (Å²) in [5.74, 6) is 0.0157. The van der Waals surface area contributed by atoms with Gasteiger partial charge in [-0.05, 0) is 127 Å². The summed E-state index contributed by atoms with van der Waals surface area (Å²) < 4.78 is 23.9. The summed E-state index contributed by atoms with van der Waals surface area (Å²) in [6.07, 6.45) is 2.83. The van der Waals surface area contributed by atoms with Crippen LogP contribution in [0.3, 0.4) is 0 Å². The van der Waals surface area contributed by atoms with E-state index in [4.69, 9.17) is 42.5 Å². The maximum atomic E-state index is 15.7. The van der Waals surface area contributed by atoms with Crippen molar-refractivity contribution in [3.05, 3.63) is 122 Å². The molecular formula is C49H52Cl2N6O6. The Labute approximate surface area is 376 Å². The Hall–Kier alpha value is -5.82. The number of carboxylic acid groups (broad SMARTS) is 1. The number of fused-ring (bicyclic) bond motifs is 4. The Kier molecular flexibility index (Phi) is 12.3. The zero-order valence-corrected chi connectivity index (χ0v) is 38.4. The molecule has 0 aliphatic carbocycles. The molecule has 0 spiro atoms. The van der Waals surface area contributed by atoms with Crippen LogP contribution in [0.1, 0.15) is 87.9 Å². The number of hydrogen-bond donors (Lipinski definition) is 1. The molecule has 0 fully saturated rings. The molecule has 3 aromatic carbocycles. The number of halogens is 2. The number of hydrogen-bond acceptors (Lipinski definition) is 7. The largest absolute Gasteiger partial charge is 0.494 e. The number of rotatable bonds is 15. The zero-order chi connectivity index (χ0) is 44.9. The fourth-order valence-electron chi connectivity index (χ4n) is 9.07. The molecule has 328 valence electrons. The van der Waals surface area contributed by atoms with E-state index in [-0.39, 0.29) is 49.1 Å². The number of ether oxygens (including phenoxy) is 3. The zero-order valence-electron chi connectivity index (χ0n) is 36.9. The first-order chi connectivity index (χ1) is 30.2. The molecule has 4 aromatic heterocycles. The van der Waals surface area contributed by atoms with Crippen LogP contribution >= 0.6 is 23.2 Å². The van der Waals surface area contributed by atoms with Gasteiger partial charge in [0.2, 0.25) is 0 Å². The van der Waals surface area contributed by atoms with Gasteiger partial charge in [0, 0.05) is 58.4 Å². The van der Waals surface area contributed by atoms with Crippen molar-refractivity contribution >= 4 is 62.7 Å². The third-order valence-electron chi connectivity index (χ3n) is 11.9. The van der Waals surface area contributed by atoms with Crippen molar-refractivity contribution in [3.63, 3.8) is 0 Å². The second kappa shape index (κ2) is 17.7. The molecule has 0 radical (unpaired) electrons. The number of aromatic nitrogens is 5. The summed E-state index contributed by atoms with van der Waals surface area (Å²) >= 11 is 13.6. The smallest absolute Gasteiger partial charge is 0.340 e. The van der Waals surface area contributed by atoms with Crippen LogP contribution in [0.25, 0.3) is 32.9 Å². The van der Waals surface area contributed by atoms with Gasteiger partial charge in [0.25, 0.3) is 5.91 Å². The molecular weight excluding hydrogens is 839 g/mol. The molecule has 12 nitrogen and oxygen atoms in total. The van der Waals surface area contributed by atoms with E-state index in [2.05, 4.69) is 16.5 Å². The van der Waals surface area contributed by atoms with Crippen LogP contribution in [0.2, 0.25) is 10.0 Å². The van der Waals surface area contributed by atoms with Crippen LogP contribution in [0.5, 0.6) is 11.5 Å². The van der Waals surface area contributed by atoms with E-state index in [1.807, 2.05) is 112 Å². The van der Waals surface area contributed by atoms with Crippen LogP contribution < -0.4 is 14.4 Å². The molecule has 1 aliphatic heterocycles. The maximum absolute atomic E-state index is 15.7. The molecule has 63 heavy (non-hydrogen) atoms. The Balaban J connectivity index is 1.29. The minimum absolute atomic E-state index is 0.00349. The van der Waals surface area contributed by atoms with Gasteiger partial charge in [-0.3, -0.25) is 19.4 Å². The average Bonchev–Trinajstić information content (AvgIpc) is 3.84. The van der Waals surface area contributed by atoms with E-state index >= 15 is 4.79 Å². The van der Waals surface area contributed by atoms with Crippen LogP contribution in [0.4, 0.5) is 5.82 Å². The molecule has 1 aliphatic rings.